The minimum absolute atomic E-state index is 0.0762. The van der Waals surface area contributed by atoms with Crippen molar-refractivity contribution >= 4 is 0 Å². The Balaban J connectivity index is 2.61. The second kappa shape index (κ2) is 7.29. The lowest BCUT2D eigenvalue weighted by Gasteiger charge is -2.39. The molecule has 0 radical (unpaired) electrons. The van der Waals surface area contributed by atoms with Crippen LogP contribution < -0.4 is 11.1 Å². The van der Waals surface area contributed by atoms with Crippen LogP contribution in [-0.2, 0) is 4.74 Å². The van der Waals surface area contributed by atoms with Crippen LogP contribution in [0.1, 0.15) is 39.0 Å². The first-order chi connectivity index (χ1) is 8.16. The summed E-state index contributed by atoms with van der Waals surface area (Å²) >= 11 is 0. The van der Waals surface area contributed by atoms with Crippen LogP contribution in [0.3, 0.4) is 0 Å². The van der Waals surface area contributed by atoms with Gasteiger partial charge in [-0.15, -0.1) is 0 Å². The number of hydrogen-bond donors (Lipinski definition) is 2. The van der Waals surface area contributed by atoms with Crippen molar-refractivity contribution in [3.05, 3.63) is 0 Å². The highest BCUT2D eigenvalue weighted by molar-refractivity contribution is 4.95. The monoisotopic (exact) mass is 246 g/mol. The zero-order valence-electron chi connectivity index (χ0n) is 11.2. The van der Waals surface area contributed by atoms with E-state index >= 15 is 0 Å². The van der Waals surface area contributed by atoms with E-state index in [0.717, 1.165) is 32.2 Å². The van der Waals surface area contributed by atoms with Crippen LogP contribution in [0.15, 0.2) is 0 Å². The number of alkyl halides is 1. The van der Waals surface area contributed by atoms with Gasteiger partial charge >= 0.3 is 0 Å². The highest BCUT2D eigenvalue weighted by atomic mass is 19.1. The molecule has 1 rings (SSSR count). The number of hydrogen-bond acceptors (Lipinski definition) is 3. The summed E-state index contributed by atoms with van der Waals surface area (Å²) in [6, 6.07) is -0.0762. The molecule has 1 saturated heterocycles. The normalized spacial score (nSPS) is 28.9. The van der Waals surface area contributed by atoms with Gasteiger partial charge in [-0.05, 0) is 44.7 Å². The molecule has 3 nitrogen and oxygen atoms in total. The molecule has 4 heteroatoms. The van der Waals surface area contributed by atoms with E-state index in [2.05, 4.69) is 12.2 Å². The SMILES string of the molecule is CCC1CCNC(C(F)(CCCN)COC)C1. The minimum Gasteiger partial charge on any atom is -0.381 e. The lowest BCUT2D eigenvalue weighted by molar-refractivity contribution is -0.00991. The molecule has 3 unspecified atom stereocenters. The summed E-state index contributed by atoms with van der Waals surface area (Å²) in [5, 5.41) is 3.32. The van der Waals surface area contributed by atoms with Crippen molar-refractivity contribution < 1.29 is 9.13 Å². The number of ether oxygens (including phenoxy) is 1. The summed E-state index contributed by atoms with van der Waals surface area (Å²) in [4.78, 5) is 0. The van der Waals surface area contributed by atoms with Gasteiger partial charge in [-0.1, -0.05) is 13.3 Å². The molecule has 0 saturated carbocycles. The van der Waals surface area contributed by atoms with E-state index in [9.17, 15) is 4.39 Å². The summed E-state index contributed by atoms with van der Waals surface area (Å²) in [5.41, 5.74) is 4.23. The molecule has 3 N–H and O–H groups in total. The molecule has 102 valence electrons. The standard InChI is InChI=1S/C13H27FN2O/c1-3-11-5-8-16-12(9-11)13(14,10-17-2)6-4-7-15/h11-12,16H,3-10,15H2,1-2H3. The van der Waals surface area contributed by atoms with Gasteiger partial charge in [-0.3, -0.25) is 0 Å². The van der Waals surface area contributed by atoms with Gasteiger partial charge in [0.25, 0.3) is 0 Å². The van der Waals surface area contributed by atoms with Gasteiger partial charge in [0.15, 0.2) is 0 Å². The van der Waals surface area contributed by atoms with Gasteiger partial charge in [-0.25, -0.2) is 4.39 Å². The van der Waals surface area contributed by atoms with Gasteiger partial charge in [-0.2, -0.15) is 0 Å². The van der Waals surface area contributed by atoms with Crippen LogP contribution in [0.2, 0.25) is 0 Å². The Morgan fingerprint density at radius 3 is 2.88 bits per heavy atom. The zero-order valence-corrected chi connectivity index (χ0v) is 11.2. The molecule has 0 aromatic rings. The highest BCUT2D eigenvalue weighted by Crippen LogP contribution is 2.31. The number of rotatable bonds is 7. The summed E-state index contributed by atoms with van der Waals surface area (Å²) in [6.07, 6.45) is 4.42. The minimum atomic E-state index is -1.26. The Kier molecular flexibility index (Phi) is 6.38. The predicted octanol–water partition coefficient (Wildman–Crippen LogP) is 1.86. The molecule has 0 bridgehead atoms. The molecule has 0 spiro atoms. The number of nitrogens with one attached hydrogen (secondary N) is 1. The third-order valence-electron chi connectivity index (χ3n) is 3.90. The number of nitrogens with two attached hydrogens (primary N) is 1. The molecule has 1 heterocycles. The van der Waals surface area contributed by atoms with Crippen LogP contribution in [0.5, 0.6) is 0 Å². The molecule has 0 aromatic heterocycles. The maximum absolute atomic E-state index is 14.9. The topological polar surface area (TPSA) is 47.3 Å². The van der Waals surface area contributed by atoms with Crippen molar-refractivity contribution in [2.75, 3.05) is 26.8 Å². The van der Waals surface area contributed by atoms with Crippen LogP contribution in [0.4, 0.5) is 4.39 Å². The fourth-order valence-electron chi connectivity index (χ4n) is 2.74. The van der Waals surface area contributed by atoms with E-state index in [4.69, 9.17) is 10.5 Å². The Labute approximate surface area is 104 Å². The number of piperidine rings is 1. The fraction of sp³-hybridized carbons (Fsp3) is 1.00. The van der Waals surface area contributed by atoms with Crippen molar-refractivity contribution in [2.24, 2.45) is 11.7 Å². The van der Waals surface area contributed by atoms with Crippen LogP contribution in [0, 0.1) is 5.92 Å². The average Bonchev–Trinajstić information content (AvgIpc) is 2.37. The average molecular weight is 246 g/mol. The molecule has 17 heavy (non-hydrogen) atoms. The lowest BCUT2D eigenvalue weighted by atomic mass is 9.81. The van der Waals surface area contributed by atoms with E-state index in [-0.39, 0.29) is 12.6 Å². The van der Waals surface area contributed by atoms with E-state index in [1.807, 2.05) is 0 Å². The van der Waals surface area contributed by atoms with Gasteiger partial charge in [0, 0.05) is 13.2 Å². The second-order valence-corrected chi connectivity index (χ2v) is 5.17. The first kappa shape index (κ1) is 14.9. The van der Waals surface area contributed by atoms with Crippen LogP contribution in [0.25, 0.3) is 0 Å². The first-order valence-electron chi connectivity index (χ1n) is 6.77. The van der Waals surface area contributed by atoms with Crippen molar-refractivity contribution in [1.82, 2.24) is 5.32 Å². The van der Waals surface area contributed by atoms with E-state index in [1.54, 1.807) is 7.11 Å². The van der Waals surface area contributed by atoms with Gasteiger partial charge in [0.2, 0.25) is 0 Å². The Bertz CT molecular complexity index is 216. The van der Waals surface area contributed by atoms with Crippen LogP contribution in [-0.4, -0.2) is 38.5 Å². The smallest absolute Gasteiger partial charge is 0.149 e. The second-order valence-electron chi connectivity index (χ2n) is 5.17. The van der Waals surface area contributed by atoms with Crippen molar-refractivity contribution in [3.63, 3.8) is 0 Å². The molecular formula is C13H27FN2O. The molecule has 0 aromatic carbocycles. The summed E-state index contributed by atoms with van der Waals surface area (Å²) in [7, 11) is 1.57. The Hall–Kier alpha value is -0.190. The quantitative estimate of drug-likeness (QED) is 0.721. The predicted molar refractivity (Wildman–Crippen MR) is 68.8 cm³/mol. The maximum atomic E-state index is 14.9. The van der Waals surface area contributed by atoms with Crippen molar-refractivity contribution in [3.8, 4) is 0 Å². The Morgan fingerprint density at radius 1 is 1.53 bits per heavy atom. The molecular weight excluding hydrogens is 219 g/mol. The largest absolute Gasteiger partial charge is 0.381 e. The highest BCUT2D eigenvalue weighted by Gasteiger charge is 2.40. The van der Waals surface area contributed by atoms with Gasteiger partial charge < -0.3 is 15.8 Å². The fourth-order valence-corrected chi connectivity index (χ4v) is 2.74. The summed E-state index contributed by atoms with van der Waals surface area (Å²) < 4.78 is 20.0. The summed E-state index contributed by atoms with van der Waals surface area (Å²) in [6.45, 7) is 3.81. The van der Waals surface area contributed by atoms with Gasteiger partial charge in [0.1, 0.15) is 5.67 Å². The van der Waals surface area contributed by atoms with Crippen molar-refractivity contribution in [2.45, 2.75) is 50.7 Å². The molecule has 1 aliphatic rings. The zero-order chi connectivity index (χ0) is 12.7. The van der Waals surface area contributed by atoms with Crippen LogP contribution >= 0.6 is 0 Å². The molecule has 1 aliphatic heterocycles. The first-order valence-corrected chi connectivity index (χ1v) is 6.77. The third-order valence-corrected chi connectivity index (χ3v) is 3.90. The maximum Gasteiger partial charge on any atom is 0.149 e. The van der Waals surface area contributed by atoms with Crippen molar-refractivity contribution in [1.29, 1.82) is 0 Å². The lowest BCUT2D eigenvalue weighted by Crippen LogP contribution is -2.54. The number of methoxy groups -OCH3 is 1. The van der Waals surface area contributed by atoms with E-state index in [0.29, 0.717) is 18.9 Å². The van der Waals surface area contributed by atoms with Gasteiger partial charge in [0.05, 0.1) is 6.61 Å². The van der Waals surface area contributed by atoms with E-state index < -0.39 is 5.67 Å². The summed E-state index contributed by atoms with van der Waals surface area (Å²) in [5.74, 6) is 0.645. The number of halogens is 1. The molecule has 0 amide bonds. The van der Waals surface area contributed by atoms with E-state index in [1.165, 1.54) is 0 Å². The Morgan fingerprint density at radius 2 is 2.29 bits per heavy atom. The molecule has 1 fully saturated rings. The molecule has 3 atom stereocenters. The third kappa shape index (κ3) is 4.19. The molecule has 0 aliphatic carbocycles.